The Morgan fingerprint density at radius 3 is 1.62 bits per heavy atom. The Morgan fingerprint density at radius 1 is 0.750 bits per heavy atom. The molecule has 0 heterocycles. The first-order valence-corrected chi connectivity index (χ1v) is 10.1. The van der Waals surface area contributed by atoms with Crippen LogP contribution in [0.15, 0.2) is 4.99 Å². The highest BCUT2D eigenvalue weighted by atomic mass is 19.4. The number of ether oxygens (including phenoxy) is 2. The van der Waals surface area contributed by atoms with Crippen LogP contribution in [-0.2, 0) is 14.3 Å². The summed E-state index contributed by atoms with van der Waals surface area (Å²) in [7, 11) is 0. The summed E-state index contributed by atoms with van der Waals surface area (Å²) in [5.74, 6) is -2.52. The number of carbonyl (C=O) groups excluding carboxylic acids is 3. The lowest BCUT2D eigenvalue weighted by Crippen LogP contribution is -2.47. The van der Waals surface area contributed by atoms with Crippen LogP contribution < -0.4 is 21.3 Å². The van der Waals surface area contributed by atoms with E-state index < -0.39 is 35.5 Å². The summed E-state index contributed by atoms with van der Waals surface area (Å²) in [5, 5.41) is 9.26. The summed E-state index contributed by atoms with van der Waals surface area (Å²) >= 11 is 0. The second-order valence-electron chi connectivity index (χ2n) is 8.67. The van der Waals surface area contributed by atoms with Crippen LogP contribution >= 0.6 is 0 Å². The third-order valence-electron chi connectivity index (χ3n) is 3.08. The zero-order chi connectivity index (χ0) is 25.0. The molecule has 0 aliphatic heterocycles. The van der Waals surface area contributed by atoms with Crippen LogP contribution in [0.5, 0.6) is 0 Å². The molecule has 0 atom stereocenters. The van der Waals surface area contributed by atoms with Crippen LogP contribution in [-0.4, -0.2) is 67.6 Å². The van der Waals surface area contributed by atoms with E-state index in [0.29, 0.717) is 12.8 Å². The SMILES string of the molecule is CC(C)(C)OC(=O)NCCC/N=C(/NCCCNC(=O)OC(C)(C)C)NC(=O)C(F)(F)F. The van der Waals surface area contributed by atoms with Gasteiger partial charge in [-0.25, -0.2) is 9.59 Å². The van der Waals surface area contributed by atoms with E-state index in [4.69, 9.17) is 9.47 Å². The van der Waals surface area contributed by atoms with Gasteiger partial charge >= 0.3 is 24.3 Å². The summed E-state index contributed by atoms with van der Waals surface area (Å²) in [6, 6.07) is 0. The molecule has 0 aromatic rings. The van der Waals surface area contributed by atoms with Gasteiger partial charge in [-0.1, -0.05) is 0 Å². The molecule has 0 aliphatic rings. The van der Waals surface area contributed by atoms with E-state index >= 15 is 0 Å². The number of hydrogen-bond donors (Lipinski definition) is 4. The van der Waals surface area contributed by atoms with Crippen molar-refractivity contribution in [3.63, 3.8) is 0 Å². The van der Waals surface area contributed by atoms with Crippen LogP contribution in [0.25, 0.3) is 0 Å². The number of nitrogens with one attached hydrogen (secondary N) is 4. The number of rotatable bonds is 8. The topological polar surface area (TPSA) is 130 Å². The summed E-state index contributed by atoms with van der Waals surface area (Å²) in [6.07, 6.45) is -5.68. The predicted octanol–water partition coefficient (Wildman–Crippen LogP) is 2.44. The van der Waals surface area contributed by atoms with Gasteiger partial charge in [0.1, 0.15) is 11.2 Å². The van der Waals surface area contributed by atoms with Crippen molar-refractivity contribution in [2.45, 2.75) is 71.8 Å². The average Bonchev–Trinajstić information content (AvgIpc) is 2.56. The maximum atomic E-state index is 12.5. The Hall–Kier alpha value is -2.73. The van der Waals surface area contributed by atoms with E-state index in [1.54, 1.807) is 46.9 Å². The van der Waals surface area contributed by atoms with Gasteiger partial charge in [0, 0.05) is 26.2 Å². The number of amides is 3. The van der Waals surface area contributed by atoms with Crippen molar-refractivity contribution >= 4 is 24.1 Å². The second-order valence-corrected chi connectivity index (χ2v) is 8.67. The largest absolute Gasteiger partial charge is 0.471 e. The van der Waals surface area contributed by atoms with Crippen LogP contribution in [0.4, 0.5) is 22.8 Å². The lowest BCUT2D eigenvalue weighted by Gasteiger charge is -2.19. The monoisotopic (exact) mass is 469 g/mol. The van der Waals surface area contributed by atoms with Crippen LogP contribution in [0.1, 0.15) is 54.4 Å². The van der Waals surface area contributed by atoms with E-state index in [2.05, 4.69) is 20.9 Å². The van der Waals surface area contributed by atoms with Gasteiger partial charge in [0.05, 0.1) is 0 Å². The number of alkyl carbamates (subject to hydrolysis) is 2. The molecule has 4 N–H and O–H groups in total. The first kappa shape index (κ1) is 29.3. The molecule has 10 nitrogen and oxygen atoms in total. The van der Waals surface area contributed by atoms with Crippen LogP contribution in [0.2, 0.25) is 0 Å². The molecule has 0 aliphatic carbocycles. The number of aliphatic imine (C=N–C) groups is 1. The van der Waals surface area contributed by atoms with Crippen LogP contribution in [0, 0.1) is 0 Å². The fraction of sp³-hybridized carbons (Fsp3) is 0.789. The van der Waals surface area contributed by atoms with Crippen molar-refractivity contribution < 1.29 is 37.0 Å². The van der Waals surface area contributed by atoms with Crippen molar-refractivity contribution in [3.8, 4) is 0 Å². The number of alkyl halides is 3. The molecule has 186 valence electrons. The Kier molecular flexibility index (Phi) is 11.9. The molecular weight excluding hydrogens is 435 g/mol. The molecule has 0 fully saturated rings. The van der Waals surface area contributed by atoms with Gasteiger partial charge < -0.3 is 25.4 Å². The number of guanidine groups is 1. The maximum Gasteiger partial charge on any atom is 0.471 e. The first-order chi connectivity index (χ1) is 14.5. The minimum absolute atomic E-state index is 0.0342. The normalized spacial score (nSPS) is 12.6. The molecular formula is C19H34F3N5O5. The zero-order valence-electron chi connectivity index (χ0n) is 19.4. The van der Waals surface area contributed by atoms with E-state index in [9.17, 15) is 27.6 Å². The molecule has 0 saturated carbocycles. The third kappa shape index (κ3) is 17.0. The molecule has 0 radical (unpaired) electrons. The molecule has 0 rings (SSSR count). The molecule has 0 bridgehead atoms. The summed E-state index contributed by atoms with van der Waals surface area (Å²) in [6.45, 7) is 10.8. The van der Waals surface area contributed by atoms with Gasteiger partial charge in [-0.15, -0.1) is 0 Å². The standard InChI is InChI=1S/C19H34F3N5O5/c1-17(2,3)31-15(29)25-11-7-9-23-14(27-13(28)19(20,21)22)24-10-8-12-26-16(30)32-18(4,5)6/h7-12H2,1-6H3,(H,25,29)(H,26,30)(H2,23,24,27,28). The van der Waals surface area contributed by atoms with Gasteiger partial charge in [-0.05, 0) is 54.4 Å². The Morgan fingerprint density at radius 2 is 1.19 bits per heavy atom. The van der Waals surface area contributed by atoms with Gasteiger partial charge in [0.15, 0.2) is 5.96 Å². The average molecular weight is 470 g/mol. The number of halogens is 3. The summed E-state index contributed by atoms with van der Waals surface area (Å²) < 4.78 is 47.7. The Bertz CT molecular complexity index is 655. The lowest BCUT2D eigenvalue weighted by atomic mass is 10.2. The Labute approximate surface area is 186 Å². The van der Waals surface area contributed by atoms with E-state index in [0.717, 1.165) is 0 Å². The van der Waals surface area contributed by atoms with E-state index in [1.807, 2.05) is 0 Å². The third-order valence-corrected chi connectivity index (χ3v) is 3.08. The van der Waals surface area contributed by atoms with Gasteiger partial charge in [-0.2, -0.15) is 13.2 Å². The number of hydrogen-bond acceptors (Lipinski definition) is 6. The summed E-state index contributed by atoms with van der Waals surface area (Å²) in [4.78, 5) is 38.2. The van der Waals surface area contributed by atoms with Gasteiger partial charge in [0.2, 0.25) is 0 Å². The van der Waals surface area contributed by atoms with Gasteiger partial charge in [0.25, 0.3) is 0 Å². The van der Waals surface area contributed by atoms with Crippen LogP contribution in [0.3, 0.4) is 0 Å². The first-order valence-electron chi connectivity index (χ1n) is 10.1. The molecule has 32 heavy (non-hydrogen) atoms. The van der Waals surface area contributed by atoms with Crippen molar-refractivity contribution in [2.75, 3.05) is 26.2 Å². The number of carbonyl (C=O) groups is 3. The fourth-order valence-corrected chi connectivity index (χ4v) is 1.89. The minimum Gasteiger partial charge on any atom is -0.444 e. The van der Waals surface area contributed by atoms with Crippen molar-refractivity contribution in [1.29, 1.82) is 0 Å². The molecule has 0 aromatic carbocycles. The van der Waals surface area contributed by atoms with E-state index in [1.165, 1.54) is 0 Å². The quantitative estimate of drug-likeness (QED) is 0.245. The molecule has 13 heteroatoms. The number of nitrogens with zero attached hydrogens (tertiary/aromatic N) is 1. The highest BCUT2D eigenvalue weighted by molar-refractivity contribution is 5.99. The van der Waals surface area contributed by atoms with E-state index in [-0.39, 0.29) is 32.1 Å². The minimum atomic E-state index is -5.07. The zero-order valence-corrected chi connectivity index (χ0v) is 19.4. The lowest BCUT2D eigenvalue weighted by molar-refractivity contribution is -0.171. The van der Waals surface area contributed by atoms with Crippen molar-refractivity contribution in [2.24, 2.45) is 4.99 Å². The molecule has 0 spiro atoms. The molecule has 0 aromatic heterocycles. The fourth-order valence-electron chi connectivity index (χ4n) is 1.89. The Balaban J connectivity index is 4.51. The summed E-state index contributed by atoms with van der Waals surface area (Å²) in [5.41, 5.74) is -1.30. The molecule has 0 saturated heterocycles. The van der Waals surface area contributed by atoms with Crippen molar-refractivity contribution in [3.05, 3.63) is 0 Å². The smallest absolute Gasteiger partial charge is 0.444 e. The molecule has 3 amide bonds. The second kappa shape index (κ2) is 13.0. The van der Waals surface area contributed by atoms with Gasteiger partial charge in [-0.3, -0.25) is 15.1 Å². The van der Waals surface area contributed by atoms with Crippen molar-refractivity contribution in [1.82, 2.24) is 21.3 Å². The highest BCUT2D eigenvalue weighted by Gasteiger charge is 2.39. The molecule has 0 unspecified atom stereocenters. The predicted molar refractivity (Wildman–Crippen MR) is 112 cm³/mol. The maximum absolute atomic E-state index is 12.5. The highest BCUT2D eigenvalue weighted by Crippen LogP contribution is 2.13.